The average Bonchev–Trinajstić information content (AvgIpc) is 2.39. The van der Waals surface area contributed by atoms with E-state index in [1.165, 1.54) is 70.8 Å². The van der Waals surface area contributed by atoms with E-state index >= 15 is 0 Å². The zero-order valence-electron chi connectivity index (χ0n) is 10.6. The maximum absolute atomic E-state index is 3.89. The maximum Gasteiger partial charge on any atom is 0.00981 e. The summed E-state index contributed by atoms with van der Waals surface area (Å²) in [5.74, 6) is 3.15. The van der Waals surface area contributed by atoms with Gasteiger partial charge < -0.3 is 5.32 Å². The lowest BCUT2D eigenvalue weighted by molar-refractivity contribution is 0.116. The van der Waals surface area contributed by atoms with E-state index in [0.29, 0.717) is 0 Å². The number of hydrogen-bond donors (Lipinski definition) is 1. The zero-order valence-corrected chi connectivity index (χ0v) is 10.6. The number of hydrogen-bond acceptors (Lipinski definition) is 1. The van der Waals surface area contributed by atoms with Crippen LogP contribution in [0.2, 0.25) is 0 Å². The third-order valence-electron chi connectivity index (χ3n) is 5.48. The Kier molecular flexibility index (Phi) is 3.51. The molecule has 0 spiro atoms. The molecule has 0 aromatic heterocycles. The fourth-order valence-corrected chi connectivity index (χ4v) is 4.47. The summed E-state index contributed by atoms with van der Waals surface area (Å²) in [4.78, 5) is 0. The lowest BCUT2D eigenvalue weighted by Crippen LogP contribution is -2.48. The van der Waals surface area contributed by atoms with Crippen LogP contribution < -0.4 is 5.32 Å². The Balaban J connectivity index is 1.57. The van der Waals surface area contributed by atoms with Crippen molar-refractivity contribution >= 4 is 0 Å². The van der Waals surface area contributed by atoms with Crippen molar-refractivity contribution in [2.75, 3.05) is 6.54 Å². The van der Waals surface area contributed by atoms with E-state index in [1.54, 1.807) is 0 Å². The molecule has 2 aliphatic carbocycles. The van der Waals surface area contributed by atoms with Crippen LogP contribution in [0.15, 0.2) is 0 Å². The Labute approximate surface area is 100 Å². The summed E-state index contributed by atoms with van der Waals surface area (Å²) in [7, 11) is 0. The minimum absolute atomic E-state index is 0.889. The van der Waals surface area contributed by atoms with Crippen molar-refractivity contribution in [1.29, 1.82) is 0 Å². The Morgan fingerprint density at radius 1 is 0.625 bits per heavy atom. The Morgan fingerprint density at radius 2 is 1.25 bits per heavy atom. The molecular formula is C15H27N. The quantitative estimate of drug-likeness (QED) is 0.711. The molecular weight excluding hydrogens is 194 g/mol. The topological polar surface area (TPSA) is 12.0 Å². The van der Waals surface area contributed by atoms with E-state index < -0.39 is 0 Å². The minimum Gasteiger partial charge on any atom is -0.313 e. The molecule has 3 unspecified atom stereocenters. The molecule has 1 N–H and O–H groups in total. The van der Waals surface area contributed by atoms with Crippen LogP contribution in [0.4, 0.5) is 0 Å². The lowest BCUT2D eigenvalue weighted by atomic mass is 9.70. The molecule has 3 rings (SSSR count). The van der Waals surface area contributed by atoms with Crippen molar-refractivity contribution < 1.29 is 0 Å². The van der Waals surface area contributed by atoms with Crippen LogP contribution in [0.25, 0.3) is 0 Å². The van der Waals surface area contributed by atoms with E-state index in [4.69, 9.17) is 0 Å². The molecule has 1 aliphatic heterocycles. The monoisotopic (exact) mass is 221 g/mol. The first-order valence-electron chi connectivity index (χ1n) is 7.67. The molecule has 2 saturated carbocycles. The van der Waals surface area contributed by atoms with E-state index in [0.717, 1.165) is 23.8 Å². The van der Waals surface area contributed by atoms with Crippen molar-refractivity contribution in [2.24, 2.45) is 17.8 Å². The second kappa shape index (κ2) is 5.08. The Bertz CT molecular complexity index is 217. The van der Waals surface area contributed by atoms with Gasteiger partial charge in [0, 0.05) is 6.04 Å². The van der Waals surface area contributed by atoms with Crippen LogP contribution in [0.1, 0.15) is 64.2 Å². The molecule has 16 heavy (non-hydrogen) atoms. The molecule has 1 saturated heterocycles. The fraction of sp³-hybridized carbons (Fsp3) is 1.00. The number of nitrogens with one attached hydrogen (secondary N) is 1. The van der Waals surface area contributed by atoms with Gasteiger partial charge in [0.05, 0.1) is 0 Å². The van der Waals surface area contributed by atoms with Crippen LogP contribution in [0, 0.1) is 17.8 Å². The van der Waals surface area contributed by atoms with Gasteiger partial charge in [-0.25, -0.2) is 0 Å². The van der Waals surface area contributed by atoms with Gasteiger partial charge in [0.1, 0.15) is 0 Å². The minimum atomic E-state index is 0.889. The highest BCUT2D eigenvalue weighted by Gasteiger charge is 2.35. The van der Waals surface area contributed by atoms with E-state index in [1.807, 2.05) is 0 Å². The molecule has 1 heterocycles. The molecule has 1 heteroatoms. The summed E-state index contributed by atoms with van der Waals surface area (Å²) < 4.78 is 0. The molecule has 0 aromatic carbocycles. The van der Waals surface area contributed by atoms with E-state index in [-0.39, 0.29) is 0 Å². The maximum atomic E-state index is 3.89. The first-order chi connectivity index (χ1) is 7.93. The molecule has 3 fully saturated rings. The Morgan fingerprint density at radius 3 is 2.06 bits per heavy atom. The highest BCUT2D eigenvalue weighted by molar-refractivity contribution is 4.90. The third-order valence-corrected chi connectivity index (χ3v) is 5.48. The first-order valence-corrected chi connectivity index (χ1v) is 7.67. The normalized spacial score (nSPS) is 41.6. The first kappa shape index (κ1) is 11.1. The van der Waals surface area contributed by atoms with Crippen molar-refractivity contribution in [3.05, 3.63) is 0 Å². The summed E-state index contributed by atoms with van der Waals surface area (Å²) in [5.41, 5.74) is 0. The second-order valence-corrected chi connectivity index (χ2v) is 6.45. The highest BCUT2D eigenvalue weighted by atomic mass is 14.9. The van der Waals surface area contributed by atoms with Crippen LogP contribution in [-0.4, -0.2) is 12.6 Å². The van der Waals surface area contributed by atoms with E-state index in [2.05, 4.69) is 5.32 Å². The van der Waals surface area contributed by atoms with Gasteiger partial charge in [-0.2, -0.15) is 0 Å². The van der Waals surface area contributed by atoms with Crippen molar-refractivity contribution in [3.63, 3.8) is 0 Å². The zero-order chi connectivity index (χ0) is 10.8. The fourth-order valence-electron chi connectivity index (χ4n) is 4.47. The smallest absolute Gasteiger partial charge is 0.00981 e. The predicted octanol–water partition coefficient (Wildman–Crippen LogP) is 3.74. The van der Waals surface area contributed by atoms with Gasteiger partial charge in [-0.3, -0.25) is 0 Å². The summed E-state index contributed by atoms with van der Waals surface area (Å²) in [6.07, 6.45) is 15.1. The molecule has 0 bridgehead atoms. The number of fused-ring (bicyclic) bond motifs is 1. The largest absolute Gasteiger partial charge is 0.313 e. The SMILES string of the molecule is C1CCC(C2CC3CCCCC3CN2)CC1. The molecule has 3 atom stereocenters. The molecule has 0 aromatic rings. The van der Waals surface area contributed by atoms with Gasteiger partial charge in [0.25, 0.3) is 0 Å². The van der Waals surface area contributed by atoms with Crippen LogP contribution in [-0.2, 0) is 0 Å². The van der Waals surface area contributed by atoms with Gasteiger partial charge in [-0.05, 0) is 50.0 Å². The molecule has 0 amide bonds. The molecule has 1 nitrogen and oxygen atoms in total. The van der Waals surface area contributed by atoms with E-state index in [9.17, 15) is 0 Å². The summed E-state index contributed by atoms with van der Waals surface area (Å²) in [6, 6.07) is 0.889. The number of piperidine rings is 1. The Hall–Kier alpha value is -0.0400. The lowest BCUT2D eigenvalue weighted by Gasteiger charge is -2.43. The van der Waals surface area contributed by atoms with Crippen molar-refractivity contribution in [1.82, 2.24) is 5.32 Å². The summed E-state index contributed by atoms with van der Waals surface area (Å²) in [5, 5.41) is 3.89. The van der Waals surface area contributed by atoms with Crippen molar-refractivity contribution in [3.8, 4) is 0 Å². The van der Waals surface area contributed by atoms with Crippen molar-refractivity contribution in [2.45, 2.75) is 70.3 Å². The van der Waals surface area contributed by atoms with Gasteiger partial charge in [-0.1, -0.05) is 38.5 Å². The highest BCUT2D eigenvalue weighted by Crippen LogP contribution is 2.39. The standard InChI is InChI=1S/C15H27N/c1-2-6-12(7-3-1)15-10-13-8-4-5-9-14(13)11-16-15/h12-16H,1-11H2. The molecule has 92 valence electrons. The van der Waals surface area contributed by atoms with Gasteiger partial charge >= 0.3 is 0 Å². The average molecular weight is 221 g/mol. The summed E-state index contributed by atoms with van der Waals surface area (Å²) >= 11 is 0. The van der Waals surface area contributed by atoms with Gasteiger partial charge in [0.2, 0.25) is 0 Å². The molecule has 0 radical (unpaired) electrons. The van der Waals surface area contributed by atoms with Gasteiger partial charge in [0.15, 0.2) is 0 Å². The van der Waals surface area contributed by atoms with Crippen LogP contribution in [0.3, 0.4) is 0 Å². The third kappa shape index (κ3) is 2.30. The van der Waals surface area contributed by atoms with Crippen LogP contribution in [0.5, 0.6) is 0 Å². The summed E-state index contributed by atoms with van der Waals surface area (Å²) in [6.45, 7) is 1.34. The predicted molar refractivity (Wildman–Crippen MR) is 68.4 cm³/mol. The second-order valence-electron chi connectivity index (χ2n) is 6.45. The van der Waals surface area contributed by atoms with Crippen LogP contribution >= 0.6 is 0 Å². The molecule has 3 aliphatic rings. The van der Waals surface area contributed by atoms with Gasteiger partial charge in [-0.15, -0.1) is 0 Å². The number of rotatable bonds is 1.